The molecule has 4 atom stereocenters. The Balaban J connectivity index is 2.03. The standard InChI is InChI=1S/C19H29N3O3/c1-13(17(25-3)15-10-7-11-21-15)18(23)22-16(19(24)20-2)12-14-8-5-4-6-9-14/h4-6,8-9,13,15-17,21H,7,10-12H2,1-3H3,(H,20,24)(H,22,23)/t13-,15+,16+,17-/m1/s1. The summed E-state index contributed by atoms with van der Waals surface area (Å²) < 4.78 is 5.58. The van der Waals surface area contributed by atoms with E-state index < -0.39 is 6.04 Å². The normalized spacial score (nSPS) is 20.5. The lowest BCUT2D eigenvalue weighted by molar-refractivity contribution is -0.134. The van der Waals surface area contributed by atoms with Crippen molar-refractivity contribution >= 4 is 11.8 Å². The third-order valence-corrected chi connectivity index (χ3v) is 4.84. The first-order valence-corrected chi connectivity index (χ1v) is 8.89. The number of nitrogens with one attached hydrogen (secondary N) is 3. The van der Waals surface area contributed by atoms with Gasteiger partial charge in [-0.05, 0) is 24.9 Å². The number of rotatable bonds is 8. The van der Waals surface area contributed by atoms with Crippen molar-refractivity contribution in [1.82, 2.24) is 16.0 Å². The van der Waals surface area contributed by atoms with Crippen molar-refractivity contribution < 1.29 is 14.3 Å². The minimum Gasteiger partial charge on any atom is -0.379 e. The van der Waals surface area contributed by atoms with E-state index in [9.17, 15) is 9.59 Å². The summed E-state index contributed by atoms with van der Waals surface area (Å²) in [5.41, 5.74) is 1.00. The van der Waals surface area contributed by atoms with Gasteiger partial charge < -0.3 is 20.7 Å². The van der Waals surface area contributed by atoms with Crippen molar-refractivity contribution in [3.8, 4) is 0 Å². The Hall–Kier alpha value is -1.92. The highest BCUT2D eigenvalue weighted by Crippen LogP contribution is 2.19. The van der Waals surface area contributed by atoms with Crippen molar-refractivity contribution in [1.29, 1.82) is 0 Å². The van der Waals surface area contributed by atoms with Crippen LogP contribution in [-0.4, -0.2) is 50.7 Å². The zero-order valence-electron chi connectivity index (χ0n) is 15.2. The number of benzene rings is 1. The summed E-state index contributed by atoms with van der Waals surface area (Å²) in [5.74, 6) is -0.703. The van der Waals surface area contributed by atoms with E-state index >= 15 is 0 Å². The smallest absolute Gasteiger partial charge is 0.242 e. The number of ether oxygens (including phenoxy) is 1. The SMILES string of the molecule is CNC(=O)[C@H](Cc1ccccc1)NC(=O)[C@H](C)[C@@H](OC)[C@@H]1CCCN1. The molecule has 2 amide bonds. The highest BCUT2D eigenvalue weighted by atomic mass is 16.5. The van der Waals surface area contributed by atoms with Gasteiger partial charge in [0.1, 0.15) is 6.04 Å². The molecule has 0 aromatic heterocycles. The average molecular weight is 347 g/mol. The van der Waals surface area contributed by atoms with Gasteiger partial charge >= 0.3 is 0 Å². The first-order chi connectivity index (χ1) is 12.1. The fourth-order valence-corrected chi connectivity index (χ4v) is 3.39. The van der Waals surface area contributed by atoms with Crippen LogP contribution in [0.3, 0.4) is 0 Å². The first-order valence-electron chi connectivity index (χ1n) is 8.89. The molecule has 0 radical (unpaired) electrons. The quantitative estimate of drug-likeness (QED) is 0.652. The van der Waals surface area contributed by atoms with Gasteiger partial charge in [0, 0.05) is 26.6 Å². The molecule has 3 N–H and O–H groups in total. The Morgan fingerprint density at radius 3 is 2.56 bits per heavy atom. The van der Waals surface area contributed by atoms with Crippen molar-refractivity contribution in [2.75, 3.05) is 20.7 Å². The van der Waals surface area contributed by atoms with Crippen LogP contribution in [-0.2, 0) is 20.7 Å². The Bertz CT molecular complexity index is 558. The fourth-order valence-electron chi connectivity index (χ4n) is 3.39. The lowest BCUT2D eigenvalue weighted by Crippen LogP contribution is -2.52. The van der Waals surface area contributed by atoms with Gasteiger partial charge in [0.05, 0.1) is 12.0 Å². The van der Waals surface area contributed by atoms with E-state index in [4.69, 9.17) is 4.74 Å². The van der Waals surface area contributed by atoms with E-state index in [1.54, 1.807) is 14.2 Å². The Morgan fingerprint density at radius 2 is 2.00 bits per heavy atom. The summed E-state index contributed by atoms with van der Waals surface area (Å²) in [6.45, 7) is 2.81. The highest BCUT2D eigenvalue weighted by Gasteiger charge is 2.34. The van der Waals surface area contributed by atoms with Crippen molar-refractivity contribution in [2.45, 2.75) is 44.4 Å². The number of hydrogen-bond donors (Lipinski definition) is 3. The zero-order valence-corrected chi connectivity index (χ0v) is 15.2. The second-order valence-corrected chi connectivity index (χ2v) is 6.56. The van der Waals surface area contributed by atoms with Gasteiger partial charge in [0.25, 0.3) is 0 Å². The van der Waals surface area contributed by atoms with Crippen LogP contribution in [0.1, 0.15) is 25.3 Å². The summed E-state index contributed by atoms with van der Waals surface area (Å²) in [6, 6.07) is 9.25. The van der Waals surface area contributed by atoms with Crippen LogP contribution in [0.5, 0.6) is 0 Å². The molecule has 6 heteroatoms. The second kappa shape index (κ2) is 9.53. The maximum absolute atomic E-state index is 12.7. The van der Waals surface area contributed by atoms with Gasteiger partial charge in [0.2, 0.25) is 11.8 Å². The molecular weight excluding hydrogens is 318 g/mol. The Morgan fingerprint density at radius 1 is 1.28 bits per heavy atom. The third kappa shape index (κ3) is 5.28. The molecule has 1 aromatic rings. The van der Waals surface area contributed by atoms with Crippen LogP contribution in [0.2, 0.25) is 0 Å². The van der Waals surface area contributed by atoms with Crippen LogP contribution in [0.4, 0.5) is 0 Å². The molecule has 138 valence electrons. The largest absolute Gasteiger partial charge is 0.379 e. The van der Waals surface area contributed by atoms with Gasteiger partial charge in [0.15, 0.2) is 0 Å². The van der Waals surface area contributed by atoms with Crippen LogP contribution in [0.25, 0.3) is 0 Å². The maximum Gasteiger partial charge on any atom is 0.242 e. The molecule has 1 aliphatic rings. The molecule has 1 heterocycles. The summed E-state index contributed by atoms with van der Waals surface area (Å²) >= 11 is 0. The van der Waals surface area contributed by atoms with E-state index in [-0.39, 0.29) is 29.9 Å². The lowest BCUT2D eigenvalue weighted by Gasteiger charge is -2.29. The van der Waals surface area contributed by atoms with E-state index in [1.165, 1.54) is 0 Å². The molecule has 0 unspecified atom stereocenters. The summed E-state index contributed by atoms with van der Waals surface area (Å²) in [4.78, 5) is 24.9. The predicted molar refractivity (Wildman–Crippen MR) is 97.1 cm³/mol. The lowest BCUT2D eigenvalue weighted by atomic mass is 9.95. The predicted octanol–water partition coefficient (Wildman–Crippen LogP) is 0.863. The number of carbonyl (C=O) groups is 2. The molecule has 6 nitrogen and oxygen atoms in total. The topological polar surface area (TPSA) is 79.5 Å². The Kier molecular flexibility index (Phi) is 7.40. The highest BCUT2D eigenvalue weighted by molar-refractivity contribution is 5.88. The molecule has 0 spiro atoms. The number of likely N-dealkylation sites (N-methyl/N-ethyl adjacent to an activating group) is 1. The zero-order chi connectivity index (χ0) is 18.2. The van der Waals surface area contributed by atoms with E-state index in [0.717, 1.165) is 24.9 Å². The molecular formula is C19H29N3O3. The first kappa shape index (κ1) is 19.4. The second-order valence-electron chi connectivity index (χ2n) is 6.56. The maximum atomic E-state index is 12.7. The summed E-state index contributed by atoms with van der Waals surface area (Å²) in [5, 5.41) is 8.91. The molecule has 1 aromatic carbocycles. The van der Waals surface area contributed by atoms with Crippen molar-refractivity contribution in [2.24, 2.45) is 5.92 Å². The van der Waals surface area contributed by atoms with Gasteiger partial charge in [-0.2, -0.15) is 0 Å². The molecule has 2 rings (SSSR count). The molecule has 25 heavy (non-hydrogen) atoms. The number of methoxy groups -OCH3 is 1. The third-order valence-electron chi connectivity index (χ3n) is 4.84. The molecule has 1 saturated heterocycles. The molecule has 1 fully saturated rings. The summed E-state index contributed by atoms with van der Waals surface area (Å²) in [7, 11) is 3.21. The van der Waals surface area contributed by atoms with Crippen LogP contribution in [0.15, 0.2) is 30.3 Å². The molecule has 0 aliphatic carbocycles. The minimum absolute atomic E-state index is 0.162. The van der Waals surface area contributed by atoms with Gasteiger partial charge in [-0.1, -0.05) is 37.3 Å². The number of carbonyl (C=O) groups excluding carboxylic acids is 2. The molecule has 0 bridgehead atoms. The van der Waals surface area contributed by atoms with Crippen LogP contribution in [0, 0.1) is 5.92 Å². The van der Waals surface area contributed by atoms with Gasteiger partial charge in [-0.3, -0.25) is 9.59 Å². The summed E-state index contributed by atoms with van der Waals surface area (Å²) in [6.07, 6.45) is 2.34. The van der Waals surface area contributed by atoms with Gasteiger partial charge in [-0.15, -0.1) is 0 Å². The van der Waals surface area contributed by atoms with Gasteiger partial charge in [-0.25, -0.2) is 0 Å². The Labute approximate surface area is 149 Å². The number of amides is 2. The van der Waals surface area contributed by atoms with E-state index in [0.29, 0.717) is 6.42 Å². The van der Waals surface area contributed by atoms with Crippen LogP contribution < -0.4 is 16.0 Å². The van der Waals surface area contributed by atoms with E-state index in [2.05, 4.69) is 16.0 Å². The molecule has 1 aliphatic heterocycles. The van der Waals surface area contributed by atoms with Crippen molar-refractivity contribution in [3.05, 3.63) is 35.9 Å². The fraction of sp³-hybridized carbons (Fsp3) is 0.579. The van der Waals surface area contributed by atoms with E-state index in [1.807, 2.05) is 37.3 Å². The van der Waals surface area contributed by atoms with Crippen molar-refractivity contribution in [3.63, 3.8) is 0 Å². The van der Waals surface area contributed by atoms with Crippen LogP contribution >= 0.6 is 0 Å². The average Bonchev–Trinajstić information content (AvgIpc) is 3.16. The monoisotopic (exact) mass is 347 g/mol. The molecule has 0 saturated carbocycles. The number of hydrogen-bond acceptors (Lipinski definition) is 4. The minimum atomic E-state index is -0.601.